The molecule has 6 nitrogen and oxygen atoms in total. The largest absolute Gasteiger partial charge is 0.469 e. The van der Waals surface area contributed by atoms with Crippen LogP contribution >= 0.6 is 0 Å². The number of benzene rings is 1. The highest BCUT2D eigenvalue weighted by molar-refractivity contribution is 5.89. The van der Waals surface area contributed by atoms with Crippen molar-refractivity contribution in [3.05, 3.63) is 54.0 Å². The Morgan fingerprint density at radius 2 is 2.08 bits per heavy atom. The van der Waals surface area contributed by atoms with Crippen molar-refractivity contribution in [3.63, 3.8) is 0 Å². The fourth-order valence-electron chi connectivity index (χ4n) is 3.28. The third-order valence-corrected chi connectivity index (χ3v) is 4.86. The lowest BCUT2D eigenvalue weighted by atomic mass is 10.1. The molecule has 1 saturated heterocycles. The van der Waals surface area contributed by atoms with Crippen molar-refractivity contribution in [1.82, 2.24) is 5.32 Å². The summed E-state index contributed by atoms with van der Waals surface area (Å²) in [4.78, 5) is 25.6. The van der Waals surface area contributed by atoms with Crippen LogP contribution in [0.15, 0.2) is 47.1 Å². The lowest BCUT2D eigenvalue weighted by molar-refractivity contribution is -0.123. The van der Waals surface area contributed by atoms with Gasteiger partial charge in [0.1, 0.15) is 12.4 Å². The number of rotatable bonds is 5. The van der Waals surface area contributed by atoms with Gasteiger partial charge in [0.15, 0.2) is 0 Å². The summed E-state index contributed by atoms with van der Waals surface area (Å²) in [6.45, 7) is 2.95. The highest BCUT2D eigenvalue weighted by atomic mass is 16.6. The van der Waals surface area contributed by atoms with E-state index < -0.39 is 0 Å². The maximum absolute atomic E-state index is 12.4. The van der Waals surface area contributed by atoms with Gasteiger partial charge in [-0.1, -0.05) is 12.1 Å². The Morgan fingerprint density at radius 3 is 2.72 bits per heavy atom. The summed E-state index contributed by atoms with van der Waals surface area (Å²) in [6.07, 6.45) is 2.16. The zero-order valence-corrected chi connectivity index (χ0v) is 14.0. The van der Waals surface area contributed by atoms with Gasteiger partial charge in [0.2, 0.25) is 5.91 Å². The Balaban J connectivity index is 1.36. The molecule has 1 aliphatic carbocycles. The van der Waals surface area contributed by atoms with Crippen LogP contribution in [0.1, 0.15) is 36.6 Å². The number of carbonyl (C=O) groups is 2. The number of ether oxygens (including phenoxy) is 1. The van der Waals surface area contributed by atoms with Gasteiger partial charge >= 0.3 is 6.09 Å². The molecular formula is C19H20N2O4. The lowest BCUT2D eigenvalue weighted by Crippen LogP contribution is -2.28. The molecule has 2 heterocycles. The molecule has 4 rings (SSSR count). The molecule has 3 unspecified atom stereocenters. The average Bonchev–Trinajstić information content (AvgIpc) is 3.02. The minimum Gasteiger partial charge on any atom is -0.469 e. The van der Waals surface area contributed by atoms with E-state index in [1.54, 1.807) is 11.2 Å². The van der Waals surface area contributed by atoms with E-state index in [0.717, 1.165) is 23.4 Å². The number of carbonyl (C=O) groups excluding carboxylic acids is 2. The number of nitrogens with zero attached hydrogens (tertiary/aromatic N) is 1. The average molecular weight is 340 g/mol. The van der Waals surface area contributed by atoms with Gasteiger partial charge in [-0.05, 0) is 43.2 Å². The van der Waals surface area contributed by atoms with Gasteiger partial charge in [-0.15, -0.1) is 0 Å². The number of anilines is 1. The van der Waals surface area contributed by atoms with Gasteiger partial charge in [-0.25, -0.2) is 4.79 Å². The molecule has 130 valence electrons. The SMILES string of the molecule is CC(NC(=O)C1CC1c1ccco1)c1ccc(N2CCOC2=O)cc1. The summed E-state index contributed by atoms with van der Waals surface area (Å²) in [5.74, 6) is 1.13. The van der Waals surface area contributed by atoms with Crippen LogP contribution in [-0.2, 0) is 9.53 Å². The Kier molecular flexibility index (Phi) is 3.95. The minimum atomic E-state index is -0.313. The molecule has 0 spiro atoms. The van der Waals surface area contributed by atoms with Gasteiger partial charge in [-0.3, -0.25) is 9.69 Å². The van der Waals surface area contributed by atoms with Gasteiger partial charge in [0, 0.05) is 17.5 Å². The van der Waals surface area contributed by atoms with E-state index in [1.807, 2.05) is 43.3 Å². The van der Waals surface area contributed by atoms with E-state index >= 15 is 0 Å². The summed E-state index contributed by atoms with van der Waals surface area (Å²) >= 11 is 0. The molecule has 1 aliphatic heterocycles. The monoisotopic (exact) mass is 340 g/mol. The smallest absolute Gasteiger partial charge is 0.414 e. The highest BCUT2D eigenvalue weighted by Crippen LogP contribution is 2.47. The number of amides is 2. The van der Waals surface area contributed by atoms with Crippen LogP contribution in [0.3, 0.4) is 0 Å². The van der Waals surface area contributed by atoms with Gasteiger partial charge in [0.05, 0.1) is 18.8 Å². The summed E-state index contributed by atoms with van der Waals surface area (Å²) in [7, 11) is 0. The van der Waals surface area contributed by atoms with Gasteiger partial charge in [-0.2, -0.15) is 0 Å². The first-order chi connectivity index (χ1) is 12.1. The molecule has 1 saturated carbocycles. The van der Waals surface area contributed by atoms with Crippen LogP contribution < -0.4 is 10.2 Å². The van der Waals surface area contributed by atoms with E-state index in [2.05, 4.69) is 5.32 Å². The molecule has 1 aromatic carbocycles. The Morgan fingerprint density at radius 1 is 1.28 bits per heavy atom. The molecule has 2 aliphatic rings. The van der Waals surface area contributed by atoms with E-state index in [0.29, 0.717) is 13.2 Å². The molecule has 25 heavy (non-hydrogen) atoms. The Labute approximate surface area is 145 Å². The van der Waals surface area contributed by atoms with Crippen LogP contribution in [0.4, 0.5) is 10.5 Å². The van der Waals surface area contributed by atoms with Crippen LogP contribution in [0, 0.1) is 5.92 Å². The van der Waals surface area contributed by atoms with E-state index in [9.17, 15) is 9.59 Å². The lowest BCUT2D eigenvalue weighted by Gasteiger charge is -2.17. The van der Waals surface area contributed by atoms with Crippen LogP contribution in [-0.4, -0.2) is 25.2 Å². The van der Waals surface area contributed by atoms with Gasteiger partial charge < -0.3 is 14.5 Å². The maximum Gasteiger partial charge on any atom is 0.414 e. The number of hydrogen-bond donors (Lipinski definition) is 1. The summed E-state index contributed by atoms with van der Waals surface area (Å²) in [5.41, 5.74) is 1.81. The van der Waals surface area contributed by atoms with Crippen molar-refractivity contribution in [2.45, 2.75) is 25.3 Å². The van der Waals surface area contributed by atoms with Crippen molar-refractivity contribution >= 4 is 17.7 Å². The van der Waals surface area contributed by atoms with Crippen molar-refractivity contribution in [2.75, 3.05) is 18.1 Å². The molecule has 1 aromatic heterocycles. The third-order valence-electron chi connectivity index (χ3n) is 4.86. The molecule has 0 radical (unpaired) electrons. The van der Waals surface area contributed by atoms with Gasteiger partial charge in [0.25, 0.3) is 0 Å². The molecular weight excluding hydrogens is 320 g/mol. The van der Waals surface area contributed by atoms with Crippen LogP contribution in [0.5, 0.6) is 0 Å². The first-order valence-corrected chi connectivity index (χ1v) is 8.51. The van der Waals surface area contributed by atoms with E-state index in [4.69, 9.17) is 9.15 Å². The summed E-state index contributed by atoms with van der Waals surface area (Å²) in [6, 6.07) is 11.3. The fraction of sp³-hybridized carbons (Fsp3) is 0.368. The third kappa shape index (κ3) is 3.12. The predicted octanol–water partition coefficient (Wildman–Crippen LogP) is 3.22. The normalized spacial score (nSPS) is 23.2. The van der Waals surface area contributed by atoms with Crippen molar-refractivity contribution < 1.29 is 18.7 Å². The topological polar surface area (TPSA) is 71.8 Å². The van der Waals surface area contributed by atoms with Crippen molar-refractivity contribution in [1.29, 1.82) is 0 Å². The summed E-state index contributed by atoms with van der Waals surface area (Å²) in [5, 5.41) is 3.06. The molecule has 2 fully saturated rings. The van der Waals surface area contributed by atoms with Crippen molar-refractivity contribution in [2.24, 2.45) is 5.92 Å². The molecule has 1 N–H and O–H groups in total. The molecule has 2 amide bonds. The zero-order chi connectivity index (χ0) is 17.4. The van der Waals surface area contributed by atoms with Crippen LogP contribution in [0.2, 0.25) is 0 Å². The second-order valence-electron chi connectivity index (χ2n) is 6.55. The van der Waals surface area contributed by atoms with Crippen molar-refractivity contribution in [3.8, 4) is 0 Å². The minimum absolute atomic E-state index is 0.00718. The molecule has 6 heteroatoms. The Bertz CT molecular complexity index is 769. The number of furan rings is 1. The predicted molar refractivity (Wildman–Crippen MR) is 91.2 cm³/mol. The summed E-state index contributed by atoms with van der Waals surface area (Å²) < 4.78 is 10.3. The highest BCUT2D eigenvalue weighted by Gasteiger charge is 2.46. The van der Waals surface area contributed by atoms with E-state index in [1.165, 1.54) is 0 Å². The second kappa shape index (κ2) is 6.27. The number of nitrogens with one attached hydrogen (secondary N) is 1. The number of cyclic esters (lactones) is 1. The quantitative estimate of drug-likeness (QED) is 0.907. The Hall–Kier alpha value is -2.76. The molecule has 2 aromatic rings. The first-order valence-electron chi connectivity index (χ1n) is 8.51. The number of hydrogen-bond acceptors (Lipinski definition) is 4. The van der Waals surface area contributed by atoms with Crippen LogP contribution in [0.25, 0.3) is 0 Å². The van der Waals surface area contributed by atoms with E-state index in [-0.39, 0.29) is 29.9 Å². The molecule has 0 bridgehead atoms. The zero-order valence-electron chi connectivity index (χ0n) is 14.0. The fourth-order valence-corrected chi connectivity index (χ4v) is 3.28. The first kappa shape index (κ1) is 15.7. The standard InChI is InChI=1S/C19H20N2O4/c1-12(20-18(22)16-11-15(16)17-3-2-9-24-17)13-4-6-14(7-5-13)21-8-10-25-19(21)23/h2-7,9,12,15-16H,8,10-11H2,1H3,(H,20,22). The molecule has 3 atom stereocenters. The maximum atomic E-state index is 12.4. The second-order valence-corrected chi connectivity index (χ2v) is 6.55.